The van der Waals surface area contributed by atoms with Gasteiger partial charge in [0.1, 0.15) is 11.5 Å². The Kier molecular flexibility index (Phi) is 5.81. The van der Waals surface area contributed by atoms with E-state index in [0.717, 1.165) is 50.3 Å². The zero-order chi connectivity index (χ0) is 23.9. The third-order valence-electron chi connectivity index (χ3n) is 7.75. The maximum absolute atomic E-state index is 6.63. The lowest BCUT2D eigenvalue weighted by molar-refractivity contribution is 0.433. The third-order valence-corrected chi connectivity index (χ3v) is 8.91. The fourth-order valence-electron chi connectivity index (χ4n) is 5.98. The van der Waals surface area contributed by atoms with Crippen molar-refractivity contribution in [1.82, 2.24) is 10.6 Å². The molecule has 3 heterocycles. The molecule has 0 radical (unpaired) electrons. The van der Waals surface area contributed by atoms with E-state index in [9.17, 15) is 0 Å². The number of fused-ring (bicyclic) bond motifs is 5. The van der Waals surface area contributed by atoms with Crippen LogP contribution in [0.4, 0.5) is 0 Å². The lowest BCUT2D eigenvalue weighted by Crippen LogP contribution is -2.32. The Hall–Kier alpha value is -3.05. The van der Waals surface area contributed by atoms with Gasteiger partial charge in [0.25, 0.3) is 0 Å². The Labute approximate surface area is 217 Å². The molecule has 4 heteroatoms. The average molecular weight is 491 g/mol. The lowest BCUT2D eigenvalue weighted by atomic mass is 9.89. The molecule has 0 aliphatic carbocycles. The van der Waals surface area contributed by atoms with Gasteiger partial charge in [0, 0.05) is 12.1 Å². The highest BCUT2D eigenvalue weighted by molar-refractivity contribution is 7.99. The fourth-order valence-corrected chi connectivity index (χ4v) is 7.20. The summed E-state index contributed by atoms with van der Waals surface area (Å²) in [5.74, 6) is 1.99. The third kappa shape index (κ3) is 4.13. The fraction of sp³-hybridized carbons (Fsp3) is 0.250. The van der Waals surface area contributed by atoms with Gasteiger partial charge < -0.3 is 15.4 Å². The van der Waals surface area contributed by atoms with E-state index >= 15 is 0 Å². The Balaban J connectivity index is 1.22. The number of hydrogen-bond acceptors (Lipinski definition) is 4. The van der Waals surface area contributed by atoms with E-state index in [-0.39, 0.29) is 0 Å². The van der Waals surface area contributed by atoms with E-state index in [2.05, 4.69) is 95.6 Å². The van der Waals surface area contributed by atoms with Gasteiger partial charge in [-0.05, 0) is 90.4 Å². The van der Waals surface area contributed by atoms with Crippen molar-refractivity contribution in [1.29, 1.82) is 0 Å². The van der Waals surface area contributed by atoms with E-state index in [1.807, 2.05) is 11.8 Å². The molecule has 7 rings (SSSR count). The minimum atomic E-state index is 0.306. The zero-order valence-corrected chi connectivity index (χ0v) is 21.1. The molecule has 4 aromatic rings. The highest BCUT2D eigenvalue weighted by atomic mass is 32.2. The predicted octanol–water partition coefficient (Wildman–Crippen LogP) is 6.80. The van der Waals surface area contributed by atoms with Crippen molar-refractivity contribution in [3.63, 3.8) is 0 Å². The Morgan fingerprint density at radius 1 is 0.694 bits per heavy atom. The van der Waals surface area contributed by atoms with Crippen LogP contribution in [0.3, 0.4) is 0 Å². The average Bonchev–Trinajstić information content (AvgIpc) is 2.92. The van der Waals surface area contributed by atoms with Gasteiger partial charge >= 0.3 is 0 Å². The summed E-state index contributed by atoms with van der Waals surface area (Å²) in [5.41, 5.74) is 8.46. The smallest absolute Gasteiger partial charge is 0.141 e. The molecule has 3 aliphatic heterocycles. The predicted molar refractivity (Wildman–Crippen MR) is 146 cm³/mol. The number of rotatable bonds is 4. The minimum Gasteiger partial charge on any atom is -0.455 e. The molecule has 0 bridgehead atoms. The Morgan fingerprint density at radius 3 is 2.11 bits per heavy atom. The first kappa shape index (κ1) is 22.2. The van der Waals surface area contributed by atoms with Crippen LogP contribution in [0.25, 0.3) is 0 Å². The second-order valence-corrected chi connectivity index (χ2v) is 11.1. The Morgan fingerprint density at radius 2 is 1.36 bits per heavy atom. The van der Waals surface area contributed by atoms with Crippen LogP contribution < -0.4 is 15.4 Å². The molecule has 36 heavy (non-hydrogen) atoms. The molecule has 180 valence electrons. The molecule has 0 saturated carbocycles. The van der Waals surface area contributed by atoms with Gasteiger partial charge in [-0.2, -0.15) is 0 Å². The molecule has 2 unspecified atom stereocenters. The van der Waals surface area contributed by atoms with Crippen molar-refractivity contribution >= 4 is 11.8 Å². The van der Waals surface area contributed by atoms with Crippen LogP contribution in [0, 0.1) is 0 Å². The van der Waals surface area contributed by atoms with Crippen molar-refractivity contribution in [2.75, 3.05) is 13.1 Å². The molecule has 0 amide bonds. The summed E-state index contributed by atoms with van der Waals surface area (Å²) in [6, 6.07) is 31.4. The molecule has 0 aromatic heterocycles. The van der Waals surface area contributed by atoms with Gasteiger partial charge in [0.15, 0.2) is 0 Å². The van der Waals surface area contributed by atoms with Gasteiger partial charge in [-0.1, -0.05) is 78.5 Å². The van der Waals surface area contributed by atoms with Gasteiger partial charge in [0.2, 0.25) is 0 Å². The van der Waals surface area contributed by atoms with E-state index in [1.165, 1.54) is 43.2 Å². The van der Waals surface area contributed by atoms with Crippen LogP contribution in [-0.2, 0) is 25.7 Å². The molecule has 0 spiro atoms. The normalized spacial score (nSPS) is 19.9. The standard InChI is InChI=1S/C32H30N2OS/c1-3-7-21(8-4-1)17-26-25-20-29-30(19-24(25)14-16-33-26)36-32-28(35-29)12-11-23-13-15-34-27(31(23)32)18-22-9-5-2-6-10-22/h1-12,19-20,26-27,33-34H,13-18H2. The monoisotopic (exact) mass is 490 g/mol. The van der Waals surface area contributed by atoms with Crippen molar-refractivity contribution in [3.8, 4) is 11.5 Å². The van der Waals surface area contributed by atoms with Gasteiger partial charge in [-0.3, -0.25) is 0 Å². The first-order valence-electron chi connectivity index (χ1n) is 13.0. The quantitative estimate of drug-likeness (QED) is 0.290. The SMILES string of the molecule is c1ccc(CC2NCCc3cc4c(cc32)Oc2ccc3c(c2S4)C(Cc2ccccc2)NCC3)cc1. The van der Waals surface area contributed by atoms with Crippen LogP contribution in [-0.4, -0.2) is 13.1 Å². The molecular formula is C32H30N2OS. The van der Waals surface area contributed by atoms with E-state index in [4.69, 9.17) is 4.74 Å². The number of ether oxygens (including phenoxy) is 1. The summed E-state index contributed by atoms with van der Waals surface area (Å²) in [6.45, 7) is 2.04. The number of hydrogen-bond donors (Lipinski definition) is 2. The summed E-state index contributed by atoms with van der Waals surface area (Å²) in [7, 11) is 0. The van der Waals surface area contributed by atoms with Gasteiger partial charge in [-0.15, -0.1) is 0 Å². The van der Waals surface area contributed by atoms with Crippen molar-refractivity contribution in [2.45, 2.75) is 47.6 Å². The molecule has 3 aliphatic rings. The van der Waals surface area contributed by atoms with Crippen LogP contribution in [0.2, 0.25) is 0 Å². The summed E-state index contributed by atoms with van der Waals surface area (Å²) in [5, 5.41) is 7.55. The topological polar surface area (TPSA) is 33.3 Å². The Bertz CT molecular complexity index is 1400. The maximum Gasteiger partial charge on any atom is 0.141 e. The molecule has 4 aromatic carbocycles. The first-order chi connectivity index (χ1) is 17.8. The summed E-state index contributed by atoms with van der Waals surface area (Å²) >= 11 is 1.90. The second-order valence-electron chi connectivity index (χ2n) is 10.1. The molecule has 2 atom stereocenters. The highest BCUT2D eigenvalue weighted by Crippen LogP contribution is 2.52. The van der Waals surface area contributed by atoms with Gasteiger partial charge in [0.05, 0.1) is 9.79 Å². The first-order valence-corrected chi connectivity index (χ1v) is 13.9. The van der Waals surface area contributed by atoms with E-state index in [0.29, 0.717) is 12.1 Å². The number of nitrogens with one attached hydrogen (secondary N) is 2. The minimum absolute atomic E-state index is 0.306. The van der Waals surface area contributed by atoms with E-state index in [1.54, 1.807) is 0 Å². The summed E-state index contributed by atoms with van der Waals surface area (Å²) < 4.78 is 6.63. The van der Waals surface area contributed by atoms with Gasteiger partial charge in [-0.25, -0.2) is 0 Å². The molecule has 0 saturated heterocycles. The van der Waals surface area contributed by atoms with Crippen LogP contribution >= 0.6 is 11.8 Å². The van der Waals surface area contributed by atoms with Crippen molar-refractivity contribution < 1.29 is 4.74 Å². The molecule has 3 nitrogen and oxygen atoms in total. The summed E-state index contributed by atoms with van der Waals surface area (Å²) in [6.07, 6.45) is 4.12. The second kappa shape index (κ2) is 9.44. The van der Waals surface area contributed by atoms with Crippen molar-refractivity contribution in [3.05, 3.63) is 118 Å². The maximum atomic E-state index is 6.63. The van der Waals surface area contributed by atoms with E-state index < -0.39 is 0 Å². The zero-order valence-electron chi connectivity index (χ0n) is 20.3. The lowest BCUT2D eigenvalue weighted by Gasteiger charge is -2.33. The molecule has 2 N–H and O–H groups in total. The van der Waals surface area contributed by atoms with Crippen LogP contribution in [0.15, 0.2) is 94.7 Å². The largest absolute Gasteiger partial charge is 0.455 e. The molecular weight excluding hydrogens is 460 g/mol. The highest BCUT2D eigenvalue weighted by Gasteiger charge is 2.31. The van der Waals surface area contributed by atoms with Crippen LogP contribution in [0.1, 0.15) is 45.5 Å². The number of benzene rings is 4. The van der Waals surface area contributed by atoms with Crippen LogP contribution in [0.5, 0.6) is 11.5 Å². The summed E-state index contributed by atoms with van der Waals surface area (Å²) in [4.78, 5) is 2.54. The molecule has 0 fully saturated rings. The van der Waals surface area contributed by atoms with Crippen molar-refractivity contribution in [2.24, 2.45) is 0 Å².